The Morgan fingerprint density at radius 1 is 1.25 bits per heavy atom. The molecule has 0 spiro atoms. The number of nitriles is 1. The lowest BCUT2D eigenvalue weighted by atomic mass is 10.1. The molecule has 5 heteroatoms. The van der Waals surface area contributed by atoms with Gasteiger partial charge >= 0.3 is 0 Å². The highest BCUT2D eigenvalue weighted by Gasteiger charge is 2.09. The summed E-state index contributed by atoms with van der Waals surface area (Å²) in [5, 5.41) is 11.8. The monoisotopic (exact) mass is 348 g/mol. The number of hydrogen-bond acceptors (Lipinski definition) is 2. The average Bonchev–Trinajstić information content (AvgIpc) is 2.49. The van der Waals surface area contributed by atoms with Crippen molar-refractivity contribution in [1.82, 2.24) is 0 Å². The maximum Gasteiger partial charge on any atom is 0.255 e. The molecular weight excluding hydrogens is 340 g/mol. The third-order valence-electron chi connectivity index (χ3n) is 2.72. The molecule has 0 aliphatic heterocycles. The van der Waals surface area contributed by atoms with Crippen molar-refractivity contribution in [3.05, 3.63) is 63.6 Å². The molecule has 20 heavy (non-hydrogen) atoms. The summed E-state index contributed by atoms with van der Waals surface area (Å²) < 4.78 is 0.790. The van der Waals surface area contributed by atoms with Crippen LogP contribution < -0.4 is 5.32 Å². The van der Waals surface area contributed by atoms with E-state index in [0.717, 1.165) is 10.0 Å². The maximum atomic E-state index is 12.1. The number of alkyl halides is 1. The van der Waals surface area contributed by atoms with Gasteiger partial charge in [0.15, 0.2) is 0 Å². The smallest absolute Gasteiger partial charge is 0.255 e. The lowest BCUT2D eigenvalue weighted by Crippen LogP contribution is -2.12. The number of anilines is 1. The second kappa shape index (κ2) is 6.56. The SMILES string of the molecule is N#Cc1cc(Br)ccc1NC(=O)c1ccc(CCl)cc1. The van der Waals surface area contributed by atoms with E-state index in [4.69, 9.17) is 16.9 Å². The first kappa shape index (κ1) is 14.6. The van der Waals surface area contributed by atoms with Gasteiger partial charge in [-0.05, 0) is 35.9 Å². The summed E-state index contributed by atoms with van der Waals surface area (Å²) in [5.74, 6) is 0.151. The molecule has 0 aliphatic rings. The van der Waals surface area contributed by atoms with Crippen molar-refractivity contribution in [3.8, 4) is 6.07 Å². The Bertz CT molecular complexity index is 677. The minimum atomic E-state index is -0.259. The van der Waals surface area contributed by atoms with Crippen LogP contribution in [0, 0.1) is 11.3 Å². The highest BCUT2D eigenvalue weighted by Crippen LogP contribution is 2.21. The minimum Gasteiger partial charge on any atom is -0.321 e. The van der Waals surface area contributed by atoms with Crippen LogP contribution in [0.4, 0.5) is 5.69 Å². The maximum absolute atomic E-state index is 12.1. The number of nitrogens with zero attached hydrogens (tertiary/aromatic N) is 1. The second-order valence-electron chi connectivity index (χ2n) is 4.09. The van der Waals surface area contributed by atoms with Crippen LogP contribution in [0.5, 0.6) is 0 Å². The van der Waals surface area contributed by atoms with Gasteiger partial charge < -0.3 is 5.32 Å². The Labute approximate surface area is 130 Å². The van der Waals surface area contributed by atoms with Crippen LogP contribution in [0.15, 0.2) is 46.9 Å². The highest BCUT2D eigenvalue weighted by molar-refractivity contribution is 9.10. The number of amides is 1. The topological polar surface area (TPSA) is 52.9 Å². The number of carbonyl (C=O) groups is 1. The summed E-state index contributed by atoms with van der Waals surface area (Å²) in [6.07, 6.45) is 0. The predicted molar refractivity (Wildman–Crippen MR) is 82.8 cm³/mol. The number of hydrogen-bond donors (Lipinski definition) is 1. The van der Waals surface area contributed by atoms with Gasteiger partial charge in [-0.2, -0.15) is 5.26 Å². The van der Waals surface area contributed by atoms with Gasteiger partial charge in [0, 0.05) is 15.9 Å². The third-order valence-corrected chi connectivity index (χ3v) is 3.52. The van der Waals surface area contributed by atoms with Gasteiger partial charge in [-0.3, -0.25) is 4.79 Å². The summed E-state index contributed by atoms with van der Waals surface area (Å²) >= 11 is 8.99. The van der Waals surface area contributed by atoms with Crippen LogP contribution >= 0.6 is 27.5 Å². The first-order chi connectivity index (χ1) is 9.63. The lowest BCUT2D eigenvalue weighted by molar-refractivity contribution is 0.102. The van der Waals surface area contributed by atoms with Gasteiger partial charge in [-0.1, -0.05) is 28.1 Å². The Balaban J connectivity index is 2.21. The molecule has 1 amide bonds. The second-order valence-corrected chi connectivity index (χ2v) is 5.27. The molecule has 3 nitrogen and oxygen atoms in total. The van der Waals surface area contributed by atoms with E-state index in [1.165, 1.54) is 0 Å². The molecule has 0 aliphatic carbocycles. The van der Waals surface area contributed by atoms with E-state index in [0.29, 0.717) is 22.7 Å². The van der Waals surface area contributed by atoms with E-state index in [9.17, 15) is 4.79 Å². The zero-order valence-electron chi connectivity index (χ0n) is 10.4. The van der Waals surface area contributed by atoms with E-state index < -0.39 is 0 Å². The molecule has 100 valence electrons. The number of benzene rings is 2. The van der Waals surface area contributed by atoms with Crippen molar-refractivity contribution < 1.29 is 4.79 Å². The van der Waals surface area contributed by atoms with E-state index >= 15 is 0 Å². The summed E-state index contributed by atoms with van der Waals surface area (Å²) in [5.41, 5.74) is 2.36. The molecule has 0 fully saturated rings. The van der Waals surface area contributed by atoms with E-state index in [1.807, 2.05) is 6.07 Å². The van der Waals surface area contributed by atoms with Crippen LogP contribution in [0.2, 0.25) is 0 Å². The van der Waals surface area contributed by atoms with Crippen molar-refractivity contribution in [2.45, 2.75) is 5.88 Å². The standard InChI is InChI=1S/C15H10BrClN2O/c16-13-5-6-14(12(7-13)9-18)19-15(20)11-3-1-10(8-17)2-4-11/h1-7H,8H2,(H,19,20). The molecule has 0 unspecified atom stereocenters. The molecule has 0 bridgehead atoms. The van der Waals surface area contributed by atoms with Crippen molar-refractivity contribution in [2.75, 3.05) is 5.32 Å². The molecule has 2 aromatic carbocycles. The number of nitrogens with one attached hydrogen (secondary N) is 1. The molecule has 0 heterocycles. The quantitative estimate of drug-likeness (QED) is 0.839. The summed E-state index contributed by atoms with van der Waals surface area (Å²) in [6.45, 7) is 0. The van der Waals surface area contributed by atoms with Crippen LogP contribution in [-0.4, -0.2) is 5.91 Å². The van der Waals surface area contributed by atoms with E-state index in [1.54, 1.807) is 42.5 Å². The van der Waals surface area contributed by atoms with Crippen molar-refractivity contribution in [1.29, 1.82) is 5.26 Å². The largest absolute Gasteiger partial charge is 0.321 e. The van der Waals surface area contributed by atoms with Gasteiger partial charge in [-0.25, -0.2) is 0 Å². The number of carbonyl (C=O) groups excluding carboxylic acids is 1. The number of rotatable bonds is 3. The summed E-state index contributed by atoms with van der Waals surface area (Å²) in [7, 11) is 0. The Hall–Kier alpha value is -1.83. The van der Waals surface area contributed by atoms with Crippen LogP contribution in [-0.2, 0) is 5.88 Å². The molecular formula is C15H10BrClN2O. The molecule has 0 radical (unpaired) electrons. The first-order valence-electron chi connectivity index (χ1n) is 5.80. The van der Waals surface area contributed by atoms with Gasteiger partial charge in [0.05, 0.1) is 11.3 Å². The van der Waals surface area contributed by atoms with Crippen LogP contribution in [0.3, 0.4) is 0 Å². The zero-order valence-corrected chi connectivity index (χ0v) is 12.7. The molecule has 0 aromatic heterocycles. The Morgan fingerprint density at radius 2 is 1.95 bits per heavy atom. The van der Waals surface area contributed by atoms with Gasteiger partial charge in [0.25, 0.3) is 5.91 Å². The molecule has 2 aromatic rings. The van der Waals surface area contributed by atoms with Gasteiger partial charge in [-0.15, -0.1) is 11.6 Å². The van der Waals surface area contributed by atoms with Crippen molar-refractivity contribution >= 4 is 39.1 Å². The fourth-order valence-electron chi connectivity index (χ4n) is 1.66. The Morgan fingerprint density at radius 3 is 2.55 bits per heavy atom. The molecule has 2 rings (SSSR count). The number of halogens is 2. The molecule has 0 saturated heterocycles. The van der Waals surface area contributed by atoms with E-state index in [-0.39, 0.29) is 5.91 Å². The normalized spacial score (nSPS) is 9.85. The predicted octanol–water partition coefficient (Wildman–Crippen LogP) is 4.31. The third kappa shape index (κ3) is 3.38. The molecule has 0 saturated carbocycles. The van der Waals surface area contributed by atoms with E-state index in [2.05, 4.69) is 21.2 Å². The average molecular weight is 350 g/mol. The molecule has 1 N–H and O–H groups in total. The molecule has 0 atom stereocenters. The zero-order chi connectivity index (χ0) is 14.5. The summed E-state index contributed by atoms with van der Waals surface area (Å²) in [4.78, 5) is 12.1. The summed E-state index contributed by atoms with van der Waals surface area (Å²) in [6, 6.07) is 14.2. The van der Waals surface area contributed by atoms with Gasteiger partial charge in [0.2, 0.25) is 0 Å². The fourth-order valence-corrected chi connectivity index (χ4v) is 2.20. The van der Waals surface area contributed by atoms with Crippen molar-refractivity contribution in [3.63, 3.8) is 0 Å². The van der Waals surface area contributed by atoms with Gasteiger partial charge in [0.1, 0.15) is 6.07 Å². The van der Waals surface area contributed by atoms with Crippen LogP contribution in [0.1, 0.15) is 21.5 Å². The lowest BCUT2D eigenvalue weighted by Gasteiger charge is -2.07. The first-order valence-corrected chi connectivity index (χ1v) is 7.12. The minimum absolute atomic E-state index is 0.259. The Kier molecular flexibility index (Phi) is 4.78. The highest BCUT2D eigenvalue weighted by atomic mass is 79.9. The van der Waals surface area contributed by atoms with Crippen LogP contribution in [0.25, 0.3) is 0 Å². The van der Waals surface area contributed by atoms with Crippen molar-refractivity contribution in [2.24, 2.45) is 0 Å². The fraction of sp³-hybridized carbons (Fsp3) is 0.0667.